The van der Waals surface area contributed by atoms with E-state index >= 15 is 0 Å². The summed E-state index contributed by atoms with van der Waals surface area (Å²) in [6.07, 6.45) is 0. The van der Waals surface area contributed by atoms with Crippen LogP contribution in [0.1, 0.15) is 16.8 Å². The average molecular weight is 258 g/mol. The van der Waals surface area contributed by atoms with Crippen LogP contribution >= 0.6 is 22.6 Å². The van der Waals surface area contributed by atoms with Crippen molar-refractivity contribution in [3.8, 4) is 6.07 Å². The lowest BCUT2D eigenvalue weighted by atomic mass is 10.1. The second-order valence-electron chi connectivity index (χ2n) is 2.36. The molecule has 0 amide bonds. The third kappa shape index (κ3) is 1.69. The van der Waals surface area contributed by atoms with E-state index in [0.29, 0.717) is 5.56 Å². The molecule has 0 spiro atoms. The summed E-state index contributed by atoms with van der Waals surface area (Å²) >= 11 is 2.08. The maximum atomic E-state index is 8.70. The summed E-state index contributed by atoms with van der Waals surface area (Å²) in [4.78, 5) is 4.17. The second kappa shape index (κ2) is 3.18. The standard InChI is InChI=1S/C8H7IN2/c1-5-3-6(2)11-8(9)7(5)4-10/h3H,1-2H3. The quantitative estimate of drug-likeness (QED) is 0.528. The number of aryl methyl sites for hydroxylation is 2. The lowest BCUT2D eigenvalue weighted by Gasteiger charge is -2.00. The van der Waals surface area contributed by atoms with Gasteiger partial charge in [-0.1, -0.05) is 0 Å². The minimum atomic E-state index is 0.691. The van der Waals surface area contributed by atoms with E-state index in [-0.39, 0.29) is 0 Å². The molecule has 0 radical (unpaired) electrons. The molecule has 1 rings (SSSR count). The Labute approximate surface area is 79.4 Å². The summed E-state index contributed by atoms with van der Waals surface area (Å²) in [6.45, 7) is 3.85. The topological polar surface area (TPSA) is 36.7 Å². The summed E-state index contributed by atoms with van der Waals surface area (Å²) in [5.74, 6) is 0. The molecular weight excluding hydrogens is 251 g/mol. The number of nitriles is 1. The molecule has 1 aromatic heterocycles. The Kier molecular flexibility index (Phi) is 2.45. The molecule has 0 aliphatic rings. The van der Waals surface area contributed by atoms with Crippen LogP contribution in [0.15, 0.2) is 6.07 Å². The van der Waals surface area contributed by atoms with E-state index in [4.69, 9.17) is 5.26 Å². The zero-order valence-electron chi connectivity index (χ0n) is 6.35. The van der Waals surface area contributed by atoms with Crippen molar-refractivity contribution >= 4 is 22.6 Å². The van der Waals surface area contributed by atoms with E-state index in [2.05, 4.69) is 33.6 Å². The zero-order chi connectivity index (χ0) is 8.43. The van der Waals surface area contributed by atoms with Gasteiger partial charge in [0.1, 0.15) is 9.77 Å². The summed E-state index contributed by atoms with van der Waals surface area (Å²) in [5.41, 5.74) is 2.66. The van der Waals surface area contributed by atoms with Crippen LogP contribution in [0.4, 0.5) is 0 Å². The van der Waals surface area contributed by atoms with Gasteiger partial charge >= 0.3 is 0 Å². The first-order valence-corrected chi connectivity index (χ1v) is 4.27. The number of aromatic nitrogens is 1. The normalized spacial score (nSPS) is 9.27. The maximum Gasteiger partial charge on any atom is 0.119 e. The predicted octanol–water partition coefficient (Wildman–Crippen LogP) is 2.17. The van der Waals surface area contributed by atoms with Crippen molar-refractivity contribution < 1.29 is 0 Å². The molecule has 0 aliphatic carbocycles. The lowest BCUT2D eigenvalue weighted by Crippen LogP contribution is -1.93. The molecule has 1 aromatic rings. The monoisotopic (exact) mass is 258 g/mol. The first kappa shape index (κ1) is 8.47. The summed E-state index contributed by atoms with van der Waals surface area (Å²) in [7, 11) is 0. The van der Waals surface area contributed by atoms with Crippen molar-refractivity contribution in [1.29, 1.82) is 5.26 Å². The minimum Gasteiger partial charge on any atom is -0.246 e. The Hall–Kier alpha value is -0.630. The first-order valence-electron chi connectivity index (χ1n) is 3.19. The molecule has 0 N–H and O–H groups in total. The molecule has 0 saturated carbocycles. The fraction of sp³-hybridized carbons (Fsp3) is 0.250. The van der Waals surface area contributed by atoms with Gasteiger partial charge in [0, 0.05) is 5.69 Å². The molecule has 0 unspecified atom stereocenters. The van der Waals surface area contributed by atoms with Crippen LogP contribution in [0, 0.1) is 28.9 Å². The Bertz CT molecular complexity index is 302. The van der Waals surface area contributed by atoms with Gasteiger partial charge in [-0.15, -0.1) is 0 Å². The van der Waals surface area contributed by atoms with Gasteiger partial charge in [0.2, 0.25) is 0 Å². The smallest absolute Gasteiger partial charge is 0.119 e. The highest BCUT2D eigenvalue weighted by molar-refractivity contribution is 14.1. The fourth-order valence-corrected chi connectivity index (χ4v) is 1.85. The van der Waals surface area contributed by atoms with Gasteiger partial charge in [-0.2, -0.15) is 5.26 Å². The highest BCUT2D eigenvalue weighted by Gasteiger charge is 2.03. The van der Waals surface area contributed by atoms with E-state index in [0.717, 1.165) is 15.0 Å². The molecule has 0 aromatic carbocycles. The Morgan fingerprint density at radius 1 is 1.55 bits per heavy atom. The van der Waals surface area contributed by atoms with Crippen LogP contribution in [0.3, 0.4) is 0 Å². The molecule has 56 valence electrons. The molecule has 0 bridgehead atoms. The summed E-state index contributed by atoms with van der Waals surface area (Å²) < 4.78 is 0.794. The van der Waals surface area contributed by atoms with Crippen molar-refractivity contribution in [3.05, 3.63) is 26.6 Å². The maximum absolute atomic E-state index is 8.70. The van der Waals surface area contributed by atoms with Gasteiger partial charge in [-0.3, -0.25) is 0 Å². The van der Waals surface area contributed by atoms with Crippen LogP contribution in [-0.2, 0) is 0 Å². The van der Waals surface area contributed by atoms with Crippen molar-refractivity contribution in [2.45, 2.75) is 13.8 Å². The van der Waals surface area contributed by atoms with E-state index in [1.165, 1.54) is 0 Å². The molecule has 11 heavy (non-hydrogen) atoms. The van der Waals surface area contributed by atoms with Gasteiger partial charge in [0.15, 0.2) is 0 Å². The van der Waals surface area contributed by atoms with Crippen molar-refractivity contribution in [2.75, 3.05) is 0 Å². The zero-order valence-corrected chi connectivity index (χ0v) is 8.51. The van der Waals surface area contributed by atoms with Crippen molar-refractivity contribution in [3.63, 3.8) is 0 Å². The highest BCUT2D eigenvalue weighted by Crippen LogP contribution is 2.13. The highest BCUT2D eigenvalue weighted by atomic mass is 127. The number of halogens is 1. The second-order valence-corrected chi connectivity index (χ2v) is 3.38. The van der Waals surface area contributed by atoms with Gasteiger partial charge in [-0.25, -0.2) is 4.98 Å². The molecule has 0 atom stereocenters. The van der Waals surface area contributed by atoms with Gasteiger partial charge < -0.3 is 0 Å². The molecule has 0 fully saturated rings. The predicted molar refractivity (Wildman–Crippen MR) is 51.1 cm³/mol. The van der Waals surface area contributed by atoms with Crippen LogP contribution < -0.4 is 0 Å². The molecule has 2 nitrogen and oxygen atoms in total. The Morgan fingerprint density at radius 2 is 2.18 bits per heavy atom. The SMILES string of the molecule is Cc1cc(C)c(C#N)c(I)n1. The number of hydrogen-bond donors (Lipinski definition) is 0. The fourth-order valence-electron chi connectivity index (χ4n) is 0.926. The third-order valence-electron chi connectivity index (χ3n) is 1.41. The van der Waals surface area contributed by atoms with Crippen LogP contribution in [-0.4, -0.2) is 4.98 Å². The van der Waals surface area contributed by atoms with Gasteiger partial charge in [-0.05, 0) is 48.1 Å². The molecule has 3 heteroatoms. The number of rotatable bonds is 0. The largest absolute Gasteiger partial charge is 0.246 e. The first-order chi connectivity index (χ1) is 5.15. The van der Waals surface area contributed by atoms with Crippen molar-refractivity contribution in [2.24, 2.45) is 0 Å². The Balaban J connectivity index is 3.40. The average Bonchev–Trinajstić information content (AvgIpc) is 1.85. The van der Waals surface area contributed by atoms with Crippen LogP contribution in [0.5, 0.6) is 0 Å². The van der Waals surface area contributed by atoms with Gasteiger partial charge in [0.05, 0.1) is 5.56 Å². The number of hydrogen-bond acceptors (Lipinski definition) is 2. The molecular formula is C8H7IN2. The number of pyridine rings is 1. The molecule has 0 saturated heterocycles. The minimum absolute atomic E-state index is 0.691. The number of nitrogens with zero attached hydrogens (tertiary/aromatic N) is 2. The summed E-state index contributed by atoms with van der Waals surface area (Å²) in [5, 5.41) is 8.70. The van der Waals surface area contributed by atoms with E-state index < -0.39 is 0 Å². The van der Waals surface area contributed by atoms with Crippen molar-refractivity contribution in [1.82, 2.24) is 4.98 Å². The van der Waals surface area contributed by atoms with E-state index in [1.54, 1.807) is 0 Å². The third-order valence-corrected chi connectivity index (χ3v) is 2.19. The van der Waals surface area contributed by atoms with Crippen LogP contribution in [0.25, 0.3) is 0 Å². The Morgan fingerprint density at radius 3 is 2.64 bits per heavy atom. The molecule has 1 heterocycles. The lowest BCUT2D eigenvalue weighted by molar-refractivity contribution is 1.12. The molecule has 0 aliphatic heterocycles. The van der Waals surface area contributed by atoms with E-state index in [9.17, 15) is 0 Å². The van der Waals surface area contributed by atoms with Crippen LogP contribution in [0.2, 0.25) is 0 Å². The summed E-state index contributed by atoms with van der Waals surface area (Å²) in [6, 6.07) is 4.04. The van der Waals surface area contributed by atoms with Gasteiger partial charge in [0.25, 0.3) is 0 Å². The van der Waals surface area contributed by atoms with E-state index in [1.807, 2.05) is 19.9 Å².